The van der Waals surface area contributed by atoms with Crippen molar-refractivity contribution in [1.29, 1.82) is 0 Å². The highest BCUT2D eigenvalue weighted by Crippen LogP contribution is 2.22. The number of carbonyl (C=O) groups excluding carboxylic acids is 2. The molecule has 0 radical (unpaired) electrons. The molecule has 0 aliphatic heterocycles. The molecule has 3 heteroatoms. The smallest absolute Gasteiger partial charge is 0.186 e. The number of fused-ring (bicyclic) bond motifs is 1. The number of benzene rings is 1. The third kappa shape index (κ3) is 1.05. The van der Waals surface area contributed by atoms with Crippen LogP contribution in [0.2, 0.25) is 0 Å². The lowest BCUT2D eigenvalue weighted by Gasteiger charge is -1.84. The van der Waals surface area contributed by atoms with Crippen molar-refractivity contribution in [1.82, 2.24) is 0 Å². The normalized spacial score (nSPS) is 11.2. The third-order valence-electron chi connectivity index (χ3n) is 1.84. The molecule has 1 aromatic heterocycles. The number of carbonyl (C=O) groups is 2. The van der Waals surface area contributed by atoms with Crippen LogP contribution >= 0.6 is 0 Å². The number of furan rings is 1. The summed E-state index contributed by atoms with van der Waals surface area (Å²) in [5.74, 6) is -0.193. The summed E-state index contributed by atoms with van der Waals surface area (Å²) in [4.78, 5) is 21.5. The van der Waals surface area contributed by atoms with Gasteiger partial charge in [-0.25, -0.2) is 0 Å². The maximum Gasteiger partial charge on any atom is 0.186 e. The van der Waals surface area contributed by atoms with E-state index in [0.29, 0.717) is 17.3 Å². The van der Waals surface area contributed by atoms with Crippen LogP contribution in [0.3, 0.4) is 0 Å². The van der Waals surface area contributed by atoms with Gasteiger partial charge in [0.1, 0.15) is 6.95 Å². The van der Waals surface area contributed by atoms with E-state index >= 15 is 0 Å². The van der Waals surface area contributed by atoms with E-state index in [-0.39, 0.29) is 11.3 Å². The summed E-state index contributed by atoms with van der Waals surface area (Å²) in [7, 11) is 0. The highest BCUT2D eigenvalue weighted by atomic mass is 16.3. The first kappa shape index (κ1) is 6.60. The number of hydrogen-bond donors (Lipinski definition) is 0. The molecule has 1 heterocycles. The zero-order chi connectivity index (χ0) is 10.1. The van der Waals surface area contributed by atoms with E-state index in [2.05, 4.69) is 0 Å². The van der Waals surface area contributed by atoms with Gasteiger partial charge < -0.3 is 4.42 Å². The molecule has 3 nitrogen and oxygen atoms in total. The predicted octanol–water partition coefficient (Wildman–Crippen LogP) is 2.06. The predicted molar refractivity (Wildman–Crippen MR) is 47.0 cm³/mol. The standard InChI is InChI=1S/C10H6O3/c11-5-8-7-3-1-2-4-9(7)13-10(8)6-12/h1-6H/i6D. The summed E-state index contributed by atoms with van der Waals surface area (Å²) < 4.78 is 12.0. The van der Waals surface area contributed by atoms with Crippen LogP contribution in [0, 0.1) is 0 Å². The molecule has 0 fully saturated rings. The summed E-state index contributed by atoms with van der Waals surface area (Å²) in [6, 6.07) is 6.80. The van der Waals surface area contributed by atoms with Gasteiger partial charge in [0, 0.05) is 5.39 Å². The molecule has 2 rings (SSSR count). The van der Waals surface area contributed by atoms with Gasteiger partial charge in [-0.1, -0.05) is 18.2 Å². The Kier molecular flexibility index (Phi) is 1.45. The van der Waals surface area contributed by atoms with Crippen molar-refractivity contribution in [2.75, 3.05) is 0 Å². The fraction of sp³-hybridized carbons (Fsp3) is 0. The minimum absolute atomic E-state index is 0.153. The molecule has 0 N–H and O–H groups in total. The van der Waals surface area contributed by atoms with Crippen molar-refractivity contribution in [2.45, 2.75) is 0 Å². The van der Waals surface area contributed by atoms with E-state index in [1.54, 1.807) is 24.3 Å². The first-order chi connectivity index (χ1) is 6.74. The van der Waals surface area contributed by atoms with Crippen LogP contribution in [0.1, 0.15) is 22.3 Å². The van der Waals surface area contributed by atoms with Crippen molar-refractivity contribution in [3.63, 3.8) is 0 Å². The lowest BCUT2D eigenvalue weighted by Crippen LogP contribution is -1.83. The molecular formula is C10H6O3. The first-order valence-electron chi connectivity index (χ1n) is 4.21. The summed E-state index contributed by atoms with van der Waals surface area (Å²) in [6.45, 7) is 0. The Morgan fingerprint density at radius 1 is 1.31 bits per heavy atom. The Morgan fingerprint density at radius 2 is 2.08 bits per heavy atom. The van der Waals surface area contributed by atoms with Crippen LogP contribution in [0.15, 0.2) is 28.7 Å². The Balaban J connectivity index is 2.85. The molecule has 13 heavy (non-hydrogen) atoms. The monoisotopic (exact) mass is 175 g/mol. The molecule has 0 aliphatic rings. The maximum atomic E-state index is 10.8. The number of para-hydroxylation sites is 1. The first-order valence-corrected chi connectivity index (χ1v) is 3.71. The van der Waals surface area contributed by atoms with Gasteiger partial charge in [-0.05, 0) is 6.07 Å². The lowest BCUT2D eigenvalue weighted by molar-refractivity contribution is 0.108. The Morgan fingerprint density at radius 3 is 2.77 bits per heavy atom. The highest BCUT2D eigenvalue weighted by molar-refractivity contribution is 6.02. The molecule has 0 amide bonds. The van der Waals surface area contributed by atoms with Gasteiger partial charge in [0.15, 0.2) is 18.3 Å². The van der Waals surface area contributed by atoms with Crippen LogP contribution in [0.4, 0.5) is 0 Å². The van der Waals surface area contributed by atoms with Gasteiger partial charge in [0.25, 0.3) is 0 Å². The van der Waals surface area contributed by atoms with Crippen molar-refractivity contribution < 1.29 is 15.4 Å². The molecule has 0 saturated carbocycles. The minimum Gasteiger partial charge on any atom is -0.452 e. The van der Waals surface area contributed by atoms with Crippen LogP contribution in [0.25, 0.3) is 11.0 Å². The van der Waals surface area contributed by atoms with E-state index in [9.17, 15) is 9.59 Å². The number of aldehydes is 2. The van der Waals surface area contributed by atoms with E-state index in [1.807, 2.05) is 0 Å². The summed E-state index contributed by atoms with van der Waals surface area (Å²) >= 11 is 0. The van der Waals surface area contributed by atoms with E-state index in [4.69, 9.17) is 5.79 Å². The highest BCUT2D eigenvalue weighted by Gasteiger charge is 2.11. The Hall–Kier alpha value is -1.90. The largest absolute Gasteiger partial charge is 0.452 e. The van der Waals surface area contributed by atoms with E-state index in [0.717, 1.165) is 0 Å². The molecule has 0 saturated heterocycles. The molecule has 0 bridgehead atoms. The number of hydrogen-bond acceptors (Lipinski definition) is 3. The zero-order valence-corrected chi connectivity index (χ0v) is 6.61. The molecule has 64 valence electrons. The second-order valence-electron chi connectivity index (χ2n) is 2.56. The van der Waals surface area contributed by atoms with Crippen molar-refractivity contribution >= 4 is 23.5 Å². The lowest BCUT2D eigenvalue weighted by atomic mass is 10.1. The second-order valence-corrected chi connectivity index (χ2v) is 2.56. The average molecular weight is 175 g/mol. The van der Waals surface area contributed by atoms with Gasteiger partial charge in [0.2, 0.25) is 0 Å². The quantitative estimate of drug-likeness (QED) is 0.656. The fourth-order valence-corrected chi connectivity index (χ4v) is 1.26. The molecule has 1 aromatic carbocycles. The molecule has 0 atom stereocenters. The SMILES string of the molecule is [2H]C(=O)c1oc2ccccc2c1C=O. The van der Waals surface area contributed by atoms with Crippen LogP contribution in [-0.2, 0) is 0 Å². The minimum atomic E-state index is -0.983. The topological polar surface area (TPSA) is 47.3 Å². The number of rotatable bonds is 2. The van der Waals surface area contributed by atoms with Crippen LogP contribution in [-0.4, -0.2) is 12.5 Å². The third-order valence-corrected chi connectivity index (χ3v) is 1.84. The molecule has 0 unspecified atom stereocenters. The van der Waals surface area contributed by atoms with Gasteiger partial charge in [0.05, 0.1) is 5.56 Å². The summed E-state index contributed by atoms with van der Waals surface area (Å²) in [5.41, 5.74) is 0.603. The van der Waals surface area contributed by atoms with E-state index < -0.39 is 6.26 Å². The fourth-order valence-electron chi connectivity index (χ4n) is 1.26. The Labute approximate surface area is 75.4 Å². The van der Waals surface area contributed by atoms with E-state index in [1.165, 1.54) is 0 Å². The van der Waals surface area contributed by atoms with Crippen LogP contribution < -0.4 is 0 Å². The maximum absolute atomic E-state index is 10.8. The molecule has 2 aromatic rings. The van der Waals surface area contributed by atoms with Crippen LogP contribution in [0.5, 0.6) is 0 Å². The van der Waals surface area contributed by atoms with Crippen molar-refractivity contribution in [3.8, 4) is 0 Å². The van der Waals surface area contributed by atoms with Crippen molar-refractivity contribution in [2.24, 2.45) is 0 Å². The second kappa shape index (κ2) is 2.86. The van der Waals surface area contributed by atoms with Gasteiger partial charge in [-0.2, -0.15) is 0 Å². The summed E-state index contributed by atoms with van der Waals surface area (Å²) in [6.07, 6.45) is -0.448. The zero-order valence-electron chi connectivity index (χ0n) is 7.61. The Bertz CT molecular complexity index is 513. The van der Waals surface area contributed by atoms with Gasteiger partial charge >= 0.3 is 0 Å². The van der Waals surface area contributed by atoms with Crippen molar-refractivity contribution in [3.05, 3.63) is 35.6 Å². The summed E-state index contributed by atoms with van der Waals surface area (Å²) in [5, 5.41) is 0.568. The molecular weight excluding hydrogens is 168 g/mol. The van der Waals surface area contributed by atoms with Gasteiger partial charge in [-0.15, -0.1) is 0 Å². The average Bonchev–Trinajstić information content (AvgIpc) is 2.56. The molecule has 0 aliphatic carbocycles. The van der Waals surface area contributed by atoms with Gasteiger partial charge in [-0.3, -0.25) is 9.59 Å². The molecule has 0 spiro atoms.